The molecular formula is C24H25N3O4. The number of carbonyl (C=O) groups is 2. The highest BCUT2D eigenvalue weighted by molar-refractivity contribution is 6.08. The highest BCUT2D eigenvalue weighted by Crippen LogP contribution is 2.34. The minimum Gasteiger partial charge on any atom is -0.443 e. The van der Waals surface area contributed by atoms with Crippen LogP contribution in [-0.4, -0.2) is 35.8 Å². The monoisotopic (exact) mass is 419 g/mol. The van der Waals surface area contributed by atoms with E-state index in [0.717, 1.165) is 5.56 Å². The van der Waals surface area contributed by atoms with Crippen LogP contribution in [0.5, 0.6) is 0 Å². The van der Waals surface area contributed by atoms with Crippen molar-refractivity contribution < 1.29 is 18.8 Å². The van der Waals surface area contributed by atoms with E-state index in [1.807, 2.05) is 75.4 Å². The lowest BCUT2D eigenvalue weighted by Gasteiger charge is -2.28. The van der Waals surface area contributed by atoms with Gasteiger partial charge in [0.1, 0.15) is 11.3 Å². The fourth-order valence-corrected chi connectivity index (χ4v) is 3.52. The molecular weight excluding hydrogens is 394 g/mol. The van der Waals surface area contributed by atoms with Gasteiger partial charge in [-0.2, -0.15) is 0 Å². The quantitative estimate of drug-likeness (QED) is 0.575. The fraction of sp³-hybridized carbons (Fsp3) is 0.292. The molecule has 3 aromatic rings. The minimum atomic E-state index is -0.610. The smallest absolute Gasteiger partial charge is 0.414 e. The molecule has 1 aromatic heterocycles. The molecule has 4 rings (SSSR count). The van der Waals surface area contributed by atoms with E-state index in [1.165, 1.54) is 0 Å². The van der Waals surface area contributed by atoms with Crippen molar-refractivity contribution in [2.24, 2.45) is 0 Å². The van der Waals surface area contributed by atoms with E-state index in [2.05, 4.69) is 5.16 Å². The van der Waals surface area contributed by atoms with E-state index >= 15 is 0 Å². The Labute approximate surface area is 181 Å². The largest absolute Gasteiger partial charge is 0.443 e. The van der Waals surface area contributed by atoms with Crippen molar-refractivity contribution in [3.8, 4) is 11.3 Å². The first kappa shape index (κ1) is 20.7. The van der Waals surface area contributed by atoms with Crippen LogP contribution in [0.2, 0.25) is 0 Å². The summed E-state index contributed by atoms with van der Waals surface area (Å²) in [6.45, 7) is 6.38. The van der Waals surface area contributed by atoms with Crippen molar-refractivity contribution in [1.29, 1.82) is 0 Å². The summed E-state index contributed by atoms with van der Waals surface area (Å²) >= 11 is 0. The summed E-state index contributed by atoms with van der Waals surface area (Å²) in [5.74, 6) is -0.146. The molecule has 0 saturated carbocycles. The Kier molecular flexibility index (Phi) is 5.50. The molecule has 0 unspecified atom stereocenters. The SMILES string of the molecule is CC(C)(C)OC(=O)N1CCCN(C(=O)c2cc(-c3ccccc3)no2)c2ccccc21. The molecule has 2 heterocycles. The van der Waals surface area contributed by atoms with E-state index in [1.54, 1.807) is 15.9 Å². The average molecular weight is 419 g/mol. The second-order valence-electron chi connectivity index (χ2n) is 8.37. The summed E-state index contributed by atoms with van der Waals surface area (Å²) in [5, 5.41) is 4.06. The van der Waals surface area contributed by atoms with Crippen LogP contribution in [0.4, 0.5) is 16.2 Å². The predicted octanol–water partition coefficient (Wildman–Crippen LogP) is 5.13. The third kappa shape index (κ3) is 4.45. The maximum atomic E-state index is 13.3. The van der Waals surface area contributed by atoms with Crippen LogP contribution in [0.1, 0.15) is 37.7 Å². The van der Waals surface area contributed by atoms with Gasteiger partial charge in [0.25, 0.3) is 5.91 Å². The maximum Gasteiger partial charge on any atom is 0.414 e. The van der Waals surface area contributed by atoms with Crippen molar-refractivity contribution >= 4 is 23.4 Å². The van der Waals surface area contributed by atoms with Gasteiger partial charge >= 0.3 is 6.09 Å². The summed E-state index contributed by atoms with van der Waals surface area (Å²) in [6, 6.07) is 18.5. The van der Waals surface area contributed by atoms with Gasteiger partial charge in [0.05, 0.1) is 11.4 Å². The van der Waals surface area contributed by atoms with Gasteiger partial charge in [-0.15, -0.1) is 0 Å². The van der Waals surface area contributed by atoms with Crippen molar-refractivity contribution in [2.45, 2.75) is 32.8 Å². The second-order valence-corrected chi connectivity index (χ2v) is 8.37. The van der Waals surface area contributed by atoms with Crippen LogP contribution in [-0.2, 0) is 4.74 Å². The number of aromatic nitrogens is 1. The highest BCUT2D eigenvalue weighted by atomic mass is 16.6. The molecule has 0 radical (unpaired) electrons. The lowest BCUT2D eigenvalue weighted by atomic mass is 10.1. The van der Waals surface area contributed by atoms with E-state index in [4.69, 9.17) is 9.26 Å². The van der Waals surface area contributed by atoms with Gasteiger partial charge in [0.2, 0.25) is 5.76 Å². The van der Waals surface area contributed by atoms with Crippen LogP contribution < -0.4 is 9.80 Å². The molecule has 0 saturated heterocycles. The number of nitrogens with zero attached hydrogens (tertiary/aromatic N) is 3. The maximum absolute atomic E-state index is 13.3. The first-order chi connectivity index (χ1) is 14.8. The summed E-state index contributed by atoms with van der Waals surface area (Å²) in [4.78, 5) is 29.4. The third-order valence-electron chi connectivity index (χ3n) is 4.88. The van der Waals surface area contributed by atoms with Gasteiger partial charge in [0.15, 0.2) is 0 Å². The van der Waals surface area contributed by atoms with Gasteiger partial charge in [-0.1, -0.05) is 47.6 Å². The Balaban J connectivity index is 1.64. The Bertz CT molecular complexity index is 1090. The molecule has 2 aromatic carbocycles. The fourth-order valence-electron chi connectivity index (χ4n) is 3.52. The Morgan fingerprint density at radius 2 is 1.55 bits per heavy atom. The van der Waals surface area contributed by atoms with Crippen LogP contribution >= 0.6 is 0 Å². The number of ether oxygens (including phenoxy) is 1. The zero-order valence-corrected chi connectivity index (χ0v) is 17.9. The number of carbonyl (C=O) groups excluding carboxylic acids is 2. The van der Waals surface area contributed by atoms with Crippen LogP contribution in [0, 0.1) is 0 Å². The molecule has 7 nitrogen and oxygen atoms in total. The van der Waals surface area contributed by atoms with Gasteiger partial charge in [-0.3, -0.25) is 9.69 Å². The first-order valence-corrected chi connectivity index (χ1v) is 10.3. The molecule has 0 fully saturated rings. The molecule has 2 amide bonds. The van der Waals surface area contributed by atoms with Gasteiger partial charge in [-0.05, 0) is 39.3 Å². The normalized spacial score (nSPS) is 14.0. The lowest BCUT2D eigenvalue weighted by Crippen LogP contribution is -2.37. The van der Waals surface area contributed by atoms with E-state index < -0.39 is 11.7 Å². The third-order valence-corrected chi connectivity index (χ3v) is 4.88. The average Bonchev–Trinajstić information content (AvgIpc) is 3.15. The Hall–Kier alpha value is -3.61. The van der Waals surface area contributed by atoms with Crippen molar-refractivity contribution in [3.05, 3.63) is 66.4 Å². The van der Waals surface area contributed by atoms with Gasteiger partial charge in [0, 0.05) is 24.7 Å². The van der Waals surface area contributed by atoms with E-state index in [-0.39, 0.29) is 11.7 Å². The van der Waals surface area contributed by atoms with E-state index in [0.29, 0.717) is 36.6 Å². The van der Waals surface area contributed by atoms with Crippen molar-refractivity contribution in [2.75, 3.05) is 22.9 Å². The molecule has 7 heteroatoms. The lowest BCUT2D eigenvalue weighted by molar-refractivity contribution is 0.0581. The molecule has 1 aliphatic rings. The topological polar surface area (TPSA) is 75.9 Å². The number of fused-ring (bicyclic) bond motifs is 1. The molecule has 31 heavy (non-hydrogen) atoms. The molecule has 0 bridgehead atoms. The van der Waals surface area contributed by atoms with Gasteiger partial charge < -0.3 is 14.2 Å². The first-order valence-electron chi connectivity index (χ1n) is 10.3. The highest BCUT2D eigenvalue weighted by Gasteiger charge is 2.32. The summed E-state index contributed by atoms with van der Waals surface area (Å²) in [6.07, 6.45) is 0.166. The predicted molar refractivity (Wildman–Crippen MR) is 118 cm³/mol. The minimum absolute atomic E-state index is 0.152. The van der Waals surface area contributed by atoms with Crippen LogP contribution in [0.3, 0.4) is 0 Å². The molecule has 1 aliphatic heterocycles. The number of amides is 2. The second kappa shape index (κ2) is 8.26. The zero-order valence-electron chi connectivity index (χ0n) is 17.9. The van der Waals surface area contributed by atoms with Crippen molar-refractivity contribution in [1.82, 2.24) is 5.16 Å². The molecule has 0 atom stereocenters. The van der Waals surface area contributed by atoms with E-state index in [9.17, 15) is 9.59 Å². The van der Waals surface area contributed by atoms with Crippen molar-refractivity contribution in [3.63, 3.8) is 0 Å². The molecule has 0 spiro atoms. The van der Waals surface area contributed by atoms with Crippen LogP contribution in [0.25, 0.3) is 11.3 Å². The number of para-hydroxylation sites is 2. The number of benzene rings is 2. The number of anilines is 2. The number of hydrogen-bond donors (Lipinski definition) is 0. The summed E-state index contributed by atoms with van der Waals surface area (Å²) in [7, 11) is 0. The molecule has 0 aliphatic carbocycles. The number of rotatable bonds is 2. The number of hydrogen-bond acceptors (Lipinski definition) is 5. The molecule has 160 valence electrons. The van der Waals surface area contributed by atoms with Gasteiger partial charge in [-0.25, -0.2) is 4.79 Å². The Morgan fingerprint density at radius 3 is 2.23 bits per heavy atom. The summed E-state index contributed by atoms with van der Waals surface area (Å²) in [5.41, 5.74) is 2.13. The van der Waals surface area contributed by atoms with Crippen LogP contribution in [0.15, 0.2) is 65.2 Å². The Morgan fingerprint density at radius 1 is 0.935 bits per heavy atom. The standard InChI is InChI=1S/C24H25N3O4/c1-24(2,3)30-23(29)27-15-9-14-26(19-12-7-8-13-20(19)27)22(28)21-16-18(25-31-21)17-10-5-4-6-11-17/h4-8,10-13,16H,9,14-15H2,1-3H3. The summed E-state index contributed by atoms with van der Waals surface area (Å²) < 4.78 is 11.0. The zero-order chi connectivity index (χ0) is 22.0. The molecule has 0 N–H and O–H groups in total.